The Morgan fingerprint density at radius 2 is 0.674 bits per heavy atom. The zero-order valence-electron chi connectivity index (χ0n) is 52.6. The molecule has 0 saturated heterocycles. The van der Waals surface area contributed by atoms with Gasteiger partial charge in [-0.3, -0.25) is 29.2 Å². The monoisotopic (exact) mass is 1190 g/mol. The summed E-state index contributed by atoms with van der Waals surface area (Å²) in [5.41, 5.74) is 2.06. The summed E-state index contributed by atoms with van der Waals surface area (Å²) in [5, 5.41) is 53.7. The van der Waals surface area contributed by atoms with Crippen LogP contribution in [0, 0.1) is 0 Å². The van der Waals surface area contributed by atoms with Gasteiger partial charge >= 0.3 is 23.9 Å². The molecule has 1 aliphatic heterocycles. The summed E-state index contributed by atoms with van der Waals surface area (Å²) in [4.78, 5) is 63.2. The van der Waals surface area contributed by atoms with Gasteiger partial charge in [0.2, 0.25) is 0 Å². The van der Waals surface area contributed by atoms with E-state index in [1.165, 1.54) is 0 Å². The number of benzene rings is 4. The maximum Gasteiger partial charge on any atom is 0.313 e. The quantitative estimate of drug-likeness (QED) is 0.0707. The Labute approximate surface area is 507 Å². The molecule has 0 aromatic heterocycles. The number of fused-ring (bicyclic) bond motifs is 10. The van der Waals surface area contributed by atoms with Crippen LogP contribution in [0.3, 0.4) is 0 Å². The van der Waals surface area contributed by atoms with Gasteiger partial charge in [0.05, 0.1) is 64.2 Å². The minimum absolute atomic E-state index is 0.0192. The van der Waals surface area contributed by atoms with Crippen LogP contribution in [-0.4, -0.2) is 107 Å². The van der Waals surface area contributed by atoms with E-state index in [-0.39, 0.29) is 135 Å². The molecule has 468 valence electrons. The topological polar surface area (TPSA) is 253 Å². The normalized spacial score (nSPS) is 21.3. The molecule has 4 aromatic rings. The highest BCUT2D eigenvalue weighted by Gasteiger charge is 2.31. The van der Waals surface area contributed by atoms with Crippen molar-refractivity contribution in [2.45, 2.75) is 219 Å². The number of carbonyl (C=O) groups is 4. The van der Waals surface area contributed by atoms with Crippen molar-refractivity contribution in [1.82, 2.24) is 10.6 Å². The Morgan fingerprint density at radius 1 is 0.395 bits per heavy atom. The number of aromatic hydroxyl groups is 4. The van der Waals surface area contributed by atoms with Crippen molar-refractivity contribution in [1.29, 1.82) is 0 Å². The molecule has 3 aliphatic rings. The van der Waals surface area contributed by atoms with Crippen LogP contribution in [0.5, 0.6) is 46.0 Å². The van der Waals surface area contributed by atoms with Crippen LogP contribution in [0.15, 0.2) is 58.5 Å². The Balaban J connectivity index is 1.13. The predicted molar refractivity (Wildman–Crippen MR) is 331 cm³/mol. The van der Waals surface area contributed by atoms with E-state index < -0.39 is 45.5 Å². The second-order valence-corrected chi connectivity index (χ2v) is 27.1. The molecular weight excluding hydrogens is 1100 g/mol. The highest BCUT2D eigenvalue weighted by atomic mass is 16.6. The van der Waals surface area contributed by atoms with Crippen molar-refractivity contribution in [2.24, 2.45) is 9.98 Å². The third-order valence-electron chi connectivity index (χ3n) is 15.9. The standard InChI is InChI=1S/C68H92N4O14/c1-65(2,3)49-33-45-29-41(61(49)77)37-69-53-17-13-14-18-54(53)70-38-42-30-46(34-50(62(42)78)66(4,5)6)85-59(75)23-27-82-28-24-60(76)86-48-32-44(64(80)52(36-48)68(10,11)12)40-72-56-20-16-15-19-55(56)71-39-43-31-47(35-51(63(43)79)67(7,8)9)84-58(74)22-26-81-25-21-57(73)83-45/h29-37,39,53-56,70,72,77-80H,13-28,38,40H2,1-12H3/t53-,54-,55+,56+. The van der Waals surface area contributed by atoms with Gasteiger partial charge < -0.3 is 59.5 Å². The van der Waals surface area contributed by atoms with Crippen molar-refractivity contribution >= 4 is 36.3 Å². The fourth-order valence-corrected chi connectivity index (χ4v) is 11.0. The molecule has 18 heteroatoms. The van der Waals surface area contributed by atoms with Gasteiger partial charge in [-0.1, -0.05) is 109 Å². The van der Waals surface area contributed by atoms with Crippen LogP contribution < -0.4 is 29.6 Å². The first-order valence-electron chi connectivity index (χ1n) is 30.4. The molecule has 7 rings (SSSR count). The number of hydrogen-bond acceptors (Lipinski definition) is 18. The first-order chi connectivity index (χ1) is 40.4. The summed E-state index contributed by atoms with van der Waals surface area (Å²) >= 11 is 0. The number of nitrogens with zero attached hydrogens (tertiary/aromatic N) is 2. The Kier molecular flexibility index (Phi) is 22.3. The molecule has 0 radical (unpaired) electrons. The zero-order valence-corrected chi connectivity index (χ0v) is 52.6. The van der Waals surface area contributed by atoms with Crippen molar-refractivity contribution in [3.63, 3.8) is 0 Å². The minimum Gasteiger partial charge on any atom is -0.507 e. The van der Waals surface area contributed by atoms with Gasteiger partial charge in [0, 0.05) is 82.1 Å². The number of aliphatic imine (C=N–C) groups is 2. The van der Waals surface area contributed by atoms with Crippen LogP contribution >= 0.6 is 0 Å². The summed E-state index contributed by atoms with van der Waals surface area (Å²) in [6, 6.07) is 12.5. The van der Waals surface area contributed by atoms with E-state index in [0.717, 1.165) is 51.4 Å². The van der Waals surface area contributed by atoms with Gasteiger partial charge in [-0.25, -0.2) is 0 Å². The Morgan fingerprint density at radius 3 is 0.977 bits per heavy atom. The first kappa shape index (κ1) is 66.7. The average Bonchev–Trinajstić information content (AvgIpc) is 2.57. The number of rotatable bonds is 0. The third kappa shape index (κ3) is 18.6. The molecule has 86 heavy (non-hydrogen) atoms. The average molecular weight is 1190 g/mol. The highest BCUT2D eigenvalue weighted by Crippen LogP contribution is 2.41. The summed E-state index contributed by atoms with van der Waals surface area (Å²) in [7, 11) is 0. The first-order valence-corrected chi connectivity index (χ1v) is 30.4. The van der Waals surface area contributed by atoms with E-state index in [1.807, 2.05) is 83.1 Å². The summed E-state index contributed by atoms with van der Waals surface area (Å²) in [5.74, 6) is -1.05. The van der Waals surface area contributed by atoms with Crippen LogP contribution in [0.25, 0.3) is 0 Å². The number of esters is 4. The number of nitrogens with one attached hydrogen (secondary N) is 2. The highest BCUT2D eigenvalue weighted by molar-refractivity contribution is 5.87. The molecular formula is C68H92N4O14. The molecule has 8 bridgehead atoms. The molecule has 4 aromatic carbocycles. The van der Waals surface area contributed by atoms with E-state index >= 15 is 0 Å². The van der Waals surface area contributed by atoms with Gasteiger partial charge in [-0.2, -0.15) is 0 Å². The van der Waals surface area contributed by atoms with Crippen molar-refractivity contribution in [3.8, 4) is 46.0 Å². The number of phenols is 4. The molecule has 2 fully saturated rings. The van der Waals surface area contributed by atoms with Crippen molar-refractivity contribution in [2.75, 3.05) is 26.4 Å². The number of hydrogen-bond donors (Lipinski definition) is 6. The summed E-state index contributed by atoms with van der Waals surface area (Å²) < 4.78 is 34.8. The molecule has 6 N–H and O–H groups in total. The fraction of sp³-hybridized carbons (Fsp3) is 0.559. The number of ether oxygens (including phenoxy) is 6. The lowest BCUT2D eigenvalue weighted by Crippen LogP contribution is -2.41. The molecule has 2 saturated carbocycles. The molecule has 18 nitrogen and oxygen atoms in total. The maximum atomic E-state index is 13.3. The van der Waals surface area contributed by atoms with E-state index in [4.69, 9.17) is 38.4 Å². The molecule has 0 spiro atoms. The Bertz CT molecular complexity index is 2920. The Hall–Kier alpha value is -6.86. The SMILES string of the molecule is CC(C)(C)c1cc2cc(c1O)C=N[C@H]1CCCC[C@@H]1NCc1cc(cc(C(C)(C)C)c1O)OC(=O)CCOCCC(=O)Oc1cc(c(O)c(C(C)(C)C)c1)CN[C@@H]1CCCC[C@H]1N=Cc1cc(cc(C(C)(C)C)c1O)OC(=O)CCOCCC(=O)O2. The van der Waals surface area contributed by atoms with Gasteiger partial charge in [-0.15, -0.1) is 0 Å². The summed E-state index contributed by atoms with van der Waals surface area (Å²) in [6.45, 7) is 23.8. The fourth-order valence-electron chi connectivity index (χ4n) is 11.0. The zero-order chi connectivity index (χ0) is 62.7. The van der Waals surface area contributed by atoms with E-state index in [2.05, 4.69) is 10.6 Å². The molecule has 0 amide bonds. The largest absolute Gasteiger partial charge is 0.507 e. The van der Waals surface area contributed by atoms with Gasteiger partial charge in [0.15, 0.2) is 0 Å². The van der Waals surface area contributed by atoms with Gasteiger partial charge in [0.1, 0.15) is 46.0 Å². The molecule has 4 atom stereocenters. The minimum atomic E-state index is -0.574. The van der Waals surface area contributed by atoms with E-state index in [0.29, 0.717) is 44.5 Å². The van der Waals surface area contributed by atoms with Gasteiger partial charge in [-0.05, 0) is 95.9 Å². The second kappa shape index (κ2) is 28.8. The lowest BCUT2D eigenvalue weighted by molar-refractivity contribution is -0.138. The third-order valence-corrected chi connectivity index (χ3v) is 15.9. The number of phenolic OH excluding ortho intramolecular Hbond substituents is 4. The molecule has 0 unspecified atom stereocenters. The van der Waals surface area contributed by atoms with E-state index in [9.17, 15) is 39.6 Å². The van der Waals surface area contributed by atoms with Crippen molar-refractivity contribution < 1.29 is 68.0 Å². The van der Waals surface area contributed by atoms with Crippen LogP contribution in [-0.2, 0) is 63.4 Å². The molecule has 1 heterocycles. The lowest BCUT2D eigenvalue weighted by atomic mass is 9.84. The van der Waals surface area contributed by atoms with Crippen LogP contribution in [0.2, 0.25) is 0 Å². The van der Waals surface area contributed by atoms with Crippen LogP contribution in [0.4, 0.5) is 0 Å². The van der Waals surface area contributed by atoms with Crippen LogP contribution in [0.1, 0.15) is 205 Å². The maximum absolute atomic E-state index is 13.3. The lowest BCUT2D eigenvalue weighted by Gasteiger charge is -2.30. The van der Waals surface area contributed by atoms with E-state index in [1.54, 1.807) is 61.0 Å². The van der Waals surface area contributed by atoms with Crippen molar-refractivity contribution in [3.05, 3.63) is 93.0 Å². The number of carbonyl (C=O) groups excluding carboxylic acids is 4. The second-order valence-electron chi connectivity index (χ2n) is 27.1. The predicted octanol–water partition coefficient (Wildman–Crippen LogP) is 11.7. The molecule has 2 aliphatic carbocycles. The van der Waals surface area contributed by atoms with Gasteiger partial charge in [0.25, 0.3) is 0 Å². The summed E-state index contributed by atoms with van der Waals surface area (Å²) in [6.07, 6.45) is 9.67. The smallest absolute Gasteiger partial charge is 0.313 e.